The number of rotatable bonds is 7. The molecule has 0 fully saturated rings. The molecular formula is C23H23N5O5. The molecule has 170 valence electrons. The first-order valence-electron chi connectivity index (χ1n) is 10.5. The molecule has 0 radical (unpaired) electrons. The van der Waals surface area contributed by atoms with Crippen molar-refractivity contribution in [3.63, 3.8) is 0 Å². The molecule has 10 nitrogen and oxygen atoms in total. The third kappa shape index (κ3) is 4.14. The lowest BCUT2D eigenvalue weighted by molar-refractivity contribution is -0.385. The van der Waals surface area contributed by atoms with E-state index < -0.39 is 16.9 Å². The van der Waals surface area contributed by atoms with Crippen molar-refractivity contribution in [1.29, 1.82) is 0 Å². The zero-order valence-corrected chi connectivity index (χ0v) is 18.4. The molecule has 0 saturated carbocycles. The molecule has 1 aliphatic heterocycles. The highest BCUT2D eigenvalue weighted by Gasteiger charge is 2.38. The van der Waals surface area contributed by atoms with Crippen LogP contribution in [-0.4, -0.2) is 38.9 Å². The van der Waals surface area contributed by atoms with Gasteiger partial charge in [-0.05, 0) is 51.1 Å². The van der Waals surface area contributed by atoms with Crippen LogP contribution in [0.3, 0.4) is 0 Å². The summed E-state index contributed by atoms with van der Waals surface area (Å²) in [7, 11) is 0. The van der Waals surface area contributed by atoms with Gasteiger partial charge in [-0.2, -0.15) is 4.98 Å². The van der Waals surface area contributed by atoms with Gasteiger partial charge in [-0.15, -0.1) is 5.10 Å². The second-order valence-electron chi connectivity index (χ2n) is 7.26. The van der Waals surface area contributed by atoms with E-state index in [0.717, 1.165) is 11.3 Å². The fourth-order valence-electron chi connectivity index (χ4n) is 3.79. The van der Waals surface area contributed by atoms with Crippen molar-refractivity contribution in [1.82, 2.24) is 14.8 Å². The van der Waals surface area contributed by atoms with Crippen molar-refractivity contribution in [2.45, 2.75) is 26.8 Å². The van der Waals surface area contributed by atoms with E-state index in [-0.39, 0.29) is 17.9 Å². The van der Waals surface area contributed by atoms with Crippen molar-refractivity contribution in [3.8, 4) is 17.1 Å². The van der Waals surface area contributed by atoms with E-state index in [1.54, 1.807) is 32.0 Å². The van der Waals surface area contributed by atoms with Gasteiger partial charge in [0.05, 0.1) is 29.3 Å². The van der Waals surface area contributed by atoms with Crippen molar-refractivity contribution in [2.24, 2.45) is 0 Å². The number of ether oxygens (including phenoxy) is 2. The zero-order valence-electron chi connectivity index (χ0n) is 18.4. The fraction of sp³-hybridized carbons (Fsp3) is 0.261. The van der Waals surface area contributed by atoms with E-state index in [4.69, 9.17) is 9.47 Å². The molecule has 1 aromatic heterocycles. The Hall–Kier alpha value is -4.21. The SMILES string of the molecule is CCOC(=O)C1=C(C)Nc2nc(-c3ccc(OCC)cc3)nn2C1c1ccccc1[N+](=O)[O-]. The molecule has 33 heavy (non-hydrogen) atoms. The van der Waals surface area contributed by atoms with Crippen LogP contribution in [0.2, 0.25) is 0 Å². The van der Waals surface area contributed by atoms with Crippen LogP contribution in [0.4, 0.5) is 11.6 Å². The van der Waals surface area contributed by atoms with E-state index in [2.05, 4.69) is 15.4 Å². The molecule has 0 aliphatic carbocycles. The van der Waals surface area contributed by atoms with Gasteiger partial charge in [-0.1, -0.05) is 12.1 Å². The molecular weight excluding hydrogens is 426 g/mol. The largest absolute Gasteiger partial charge is 0.494 e. The minimum Gasteiger partial charge on any atom is -0.494 e. The highest BCUT2D eigenvalue weighted by Crippen LogP contribution is 2.40. The summed E-state index contributed by atoms with van der Waals surface area (Å²) in [6.45, 7) is 6.04. The summed E-state index contributed by atoms with van der Waals surface area (Å²) in [5.74, 6) is 0.923. The van der Waals surface area contributed by atoms with Gasteiger partial charge in [-0.25, -0.2) is 9.48 Å². The molecule has 4 rings (SSSR count). The summed E-state index contributed by atoms with van der Waals surface area (Å²) in [4.78, 5) is 28.8. The van der Waals surface area contributed by atoms with Crippen LogP contribution in [0.25, 0.3) is 11.4 Å². The Labute approximate surface area is 190 Å². The number of aromatic nitrogens is 3. The van der Waals surface area contributed by atoms with Crippen molar-refractivity contribution in [2.75, 3.05) is 18.5 Å². The van der Waals surface area contributed by atoms with E-state index in [0.29, 0.717) is 29.6 Å². The number of fused-ring (bicyclic) bond motifs is 1. The van der Waals surface area contributed by atoms with Crippen LogP contribution in [0.15, 0.2) is 59.8 Å². The maximum atomic E-state index is 12.9. The fourth-order valence-corrected chi connectivity index (χ4v) is 3.79. The van der Waals surface area contributed by atoms with Gasteiger partial charge in [0.1, 0.15) is 11.8 Å². The van der Waals surface area contributed by atoms with Crippen molar-refractivity contribution >= 4 is 17.6 Å². The average Bonchev–Trinajstić information content (AvgIpc) is 3.22. The minimum atomic E-state index is -0.883. The van der Waals surface area contributed by atoms with E-state index in [1.807, 2.05) is 31.2 Å². The van der Waals surface area contributed by atoms with Gasteiger partial charge in [-0.3, -0.25) is 10.1 Å². The predicted molar refractivity (Wildman–Crippen MR) is 121 cm³/mol. The molecule has 0 spiro atoms. The lowest BCUT2D eigenvalue weighted by Gasteiger charge is -2.27. The van der Waals surface area contributed by atoms with Gasteiger partial charge in [0.15, 0.2) is 5.82 Å². The molecule has 0 bridgehead atoms. The Morgan fingerprint density at radius 2 is 1.88 bits per heavy atom. The van der Waals surface area contributed by atoms with Gasteiger partial charge < -0.3 is 14.8 Å². The summed E-state index contributed by atoms with van der Waals surface area (Å²) in [6.07, 6.45) is 0. The van der Waals surface area contributed by atoms with Crippen LogP contribution in [0.1, 0.15) is 32.4 Å². The Morgan fingerprint density at radius 3 is 2.55 bits per heavy atom. The van der Waals surface area contributed by atoms with E-state index in [1.165, 1.54) is 10.7 Å². The lowest BCUT2D eigenvalue weighted by atomic mass is 9.94. The quantitative estimate of drug-likeness (QED) is 0.325. The van der Waals surface area contributed by atoms with Gasteiger partial charge in [0.2, 0.25) is 5.95 Å². The van der Waals surface area contributed by atoms with E-state index in [9.17, 15) is 14.9 Å². The first kappa shape index (κ1) is 22.0. The number of nitro groups is 1. The number of carbonyl (C=O) groups excluding carboxylic acids is 1. The number of carbonyl (C=O) groups is 1. The average molecular weight is 449 g/mol. The number of para-hydroxylation sites is 1. The van der Waals surface area contributed by atoms with Crippen LogP contribution in [-0.2, 0) is 9.53 Å². The molecule has 1 atom stereocenters. The van der Waals surface area contributed by atoms with E-state index >= 15 is 0 Å². The Kier molecular flexibility index (Phi) is 6.07. The van der Waals surface area contributed by atoms with Crippen molar-refractivity contribution < 1.29 is 19.2 Å². The number of hydrogen-bond donors (Lipinski definition) is 1. The summed E-state index contributed by atoms with van der Waals surface area (Å²) < 4.78 is 12.2. The standard InChI is InChI=1S/C23H23N5O5/c1-4-32-16-12-10-15(11-13-16)21-25-23-24-14(3)19(22(29)33-5-2)20(27(23)26-21)17-8-6-7-9-18(17)28(30)31/h6-13,20H,4-5H2,1-3H3,(H,24,25,26). The number of anilines is 1. The number of allylic oxidation sites excluding steroid dienone is 1. The first-order valence-corrected chi connectivity index (χ1v) is 10.5. The summed E-state index contributed by atoms with van der Waals surface area (Å²) >= 11 is 0. The van der Waals surface area contributed by atoms with Crippen LogP contribution in [0, 0.1) is 10.1 Å². The smallest absolute Gasteiger partial charge is 0.338 e. The topological polar surface area (TPSA) is 121 Å². The summed E-state index contributed by atoms with van der Waals surface area (Å²) in [6, 6.07) is 12.7. The third-order valence-electron chi connectivity index (χ3n) is 5.20. The molecule has 10 heteroatoms. The molecule has 0 saturated heterocycles. The second-order valence-corrected chi connectivity index (χ2v) is 7.26. The zero-order chi connectivity index (χ0) is 23.5. The Morgan fingerprint density at radius 1 is 1.15 bits per heavy atom. The highest BCUT2D eigenvalue weighted by atomic mass is 16.6. The predicted octanol–water partition coefficient (Wildman–Crippen LogP) is 4.10. The van der Waals surface area contributed by atoms with Crippen LogP contribution < -0.4 is 10.1 Å². The Bertz CT molecular complexity index is 1230. The molecule has 1 N–H and O–H groups in total. The van der Waals surface area contributed by atoms with Crippen molar-refractivity contribution in [3.05, 3.63) is 75.5 Å². The van der Waals surface area contributed by atoms with Crippen LogP contribution >= 0.6 is 0 Å². The van der Waals surface area contributed by atoms with Gasteiger partial charge in [0, 0.05) is 17.3 Å². The van der Waals surface area contributed by atoms with Gasteiger partial charge in [0.25, 0.3) is 5.69 Å². The molecule has 2 heterocycles. The summed E-state index contributed by atoms with van der Waals surface area (Å²) in [5, 5.41) is 19.5. The molecule has 3 aromatic rings. The third-order valence-corrected chi connectivity index (χ3v) is 5.20. The summed E-state index contributed by atoms with van der Waals surface area (Å²) in [5.41, 5.74) is 1.66. The normalized spacial score (nSPS) is 14.9. The first-order chi connectivity index (χ1) is 15.9. The highest BCUT2D eigenvalue weighted by molar-refractivity contribution is 5.92. The van der Waals surface area contributed by atoms with Gasteiger partial charge >= 0.3 is 5.97 Å². The number of esters is 1. The molecule has 2 aromatic carbocycles. The van der Waals surface area contributed by atoms with Crippen LogP contribution in [0.5, 0.6) is 5.75 Å². The monoisotopic (exact) mass is 449 g/mol. The minimum absolute atomic E-state index is 0.122. The lowest BCUT2D eigenvalue weighted by Crippen LogP contribution is -2.30. The maximum Gasteiger partial charge on any atom is 0.338 e. The number of nitrogens with one attached hydrogen (secondary N) is 1. The second kappa shape index (κ2) is 9.11. The number of nitro benzene ring substituents is 1. The Balaban J connectivity index is 1.86. The molecule has 0 amide bonds. The maximum absolute atomic E-state index is 12.9. The molecule has 1 aliphatic rings. The molecule has 1 unspecified atom stereocenters. The number of hydrogen-bond acceptors (Lipinski definition) is 8. The number of benzene rings is 2. The number of nitrogens with zero attached hydrogens (tertiary/aromatic N) is 4.